The largest absolute Gasteiger partial charge is 0.383 e. The minimum absolute atomic E-state index is 0.163. The molecule has 0 aliphatic carbocycles. The Balaban J connectivity index is 1.45. The first-order chi connectivity index (χ1) is 16.0. The second-order valence-electron chi connectivity index (χ2n) is 10.1. The third-order valence-corrected chi connectivity index (χ3v) is 5.97. The van der Waals surface area contributed by atoms with Crippen molar-refractivity contribution in [3.8, 4) is 11.3 Å². The highest BCUT2D eigenvalue weighted by Crippen LogP contribution is 2.23. The van der Waals surface area contributed by atoms with Gasteiger partial charge < -0.3 is 14.9 Å². The molecule has 34 heavy (non-hydrogen) atoms. The molecule has 1 N–H and O–H groups in total. The number of hydrogen-bond donors (Lipinski definition) is 1. The number of carbonyl (C=O) groups is 2. The number of amides is 2. The van der Waals surface area contributed by atoms with Gasteiger partial charge in [0.1, 0.15) is 17.6 Å². The molecule has 0 spiro atoms. The summed E-state index contributed by atoms with van der Waals surface area (Å²) in [4.78, 5) is 33.6. The van der Waals surface area contributed by atoms with Crippen LogP contribution in [0.25, 0.3) is 16.9 Å². The summed E-state index contributed by atoms with van der Waals surface area (Å²) in [5.74, 6) is -0.845. The number of aliphatic hydroxyl groups excluding tert-OH is 1. The Kier molecular flexibility index (Phi) is 6.40. The molecular formula is C25H30FN5O3. The van der Waals surface area contributed by atoms with E-state index < -0.39 is 6.10 Å². The molecule has 0 radical (unpaired) electrons. The maximum Gasteiger partial charge on any atom is 0.274 e. The van der Waals surface area contributed by atoms with Crippen LogP contribution in [0.15, 0.2) is 42.6 Å². The van der Waals surface area contributed by atoms with Gasteiger partial charge in [0.2, 0.25) is 0 Å². The summed E-state index contributed by atoms with van der Waals surface area (Å²) >= 11 is 0. The second-order valence-corrected chi connectivity index (χ2v) is 10.1. The highest BCUT2D eigenvalue weighted by Gasteiger charge is 2.34. The van der Waals surface area contributed by atoms with Gasteiger partial charge in [-0.3, -0.25) is 9.59 Å². The third kappa shape index (κ3) is 5.09. The van der Waals surface area contributed by atoms with Crippen LogP contribution in [0.4, 0.5) is 4.39 Å². The molecule has 1 fully saturated rings. The van der Waals surface area contributed by atoms with E-state index in [0.29, 0.717) is 37.4 Å². The van der Waals surface area contributed by atoms with Crippen molar-refractivity contribution >= 4 is 17.5 Å². The molecule has 3 aromatic rings. The lowest BCUT2D eigenvalue weighted by atomic mass is 9.88. The minimum Gasteiger partial charge on any atom is -0.383 e. The minimum atomic E-state index is -1.05. The number of benzene rings is 1. The molecule has 2 atom stereocenters. The molecule has 4 rings (SSSR count). The van der Waals surface area contributed by atoms with E-state index in [4.69, 9.17) is 0 Å². The van der Waals surface area contributed by atoms with Crippen LogP contribution in [0.1, 0.15) is 44.6 Å². The summed E-state index contributed by atoms with van der Waals surface area (Å²) in [6.45, 7) is 8.89. The topological polar surface area (TPSA) is 91.0 Å². The fourth-order valence-corrected chi connectivity index (χ4v) is 4.25. The average Bonchev–Trinajstić information content (AvgIpc) is 3.21. The van der Waals surface area contributed by atoms with Gasteiger partial charge in [-0.25, -0.2) is 13.9 Å². The van der Waals surface area contributed by atoms with Gasteiger partial charge in [-0.15, -0.1) is 0 Å². The average molecular weight is 468 g/mol. The SMILES string of the molecule is C[C@H]1CN(C(=O)c2cn3nc(-c4ccc(F)cc4)ccc3n2)CCN1C(=O)[C@H](O)CC(C)(C)C. The van der Waals surface area contributed by atoms with E-state index in [9.17, 15) is 19.1 Å². The Hall–Kier alpha value is -3.33. The number of piperazine rings is 1. The molecule has 1 aliphatic rings. The summed E-state index contributed by atoms with van der Waals surface area (Å²) in [6.07, 6.45) is 0.913. The molecule has 8 nitrogen and oxygen atoms in total. The first-order valence-electron chi connectivity index (χ1n) is 11.4. The quantitative estimate of drug-likeness (QED) is 0.637. The van der Waals surface area contributed by atoms with Crippen LogP contribution in [0.2, 0.25) is 0 Å². The van der Waals surface area contributed by atoms with E-state index in [1.54, 1.807) is 40.3 Å². The molecule has 2 aromatic heterocycles. The maximum atomic E-state index is 13.2. The number of hydrogen-bond acceptors (Lipinski definition) is 5. The van der Waals surface area contributed by atoms with Gasteiger partial charge in [-0.2, -0.15) is 5.10 Å². The van der Waals surface area contributed by atoms with Crippen molar-refractivity contribution in [1.29, 1.82) is 0 Å². The summed E-state index contributed by atoms with van der Waals surface area (Å²) in [7, 11) is 0. The highest BCUT2D eigenvalue weighted by molar-refractivity contribution is 5.93. The summed E-state index contributed by atoms with van der Waals surface area (Å²) in [6, 6.07) is 9.35. The zero-order valence-electron chi connectivity index (χ0n) is 19.9. The number of nitrogens with zero attached hydrogens (tertiary/aromatic N) is 5. The van der Waals surface area contributed by atoms with Crippen molar-refractivity contribution in [2.24, 2.45) is 5.41 Å². The van der Waals surface area contributed by atoms with Crippen LogP contribution in [-0.4, -0.2) is 73.1 Å². The zero-order valence-corrected chi connectivity index (χ0v) is 19.9. The molecule has 0 saturated carbocycles. The predicted molar refractivity (Wildman–Crippen MR) is 126 cm³/mol. The van der Waals surface area contributed by atoms with Gasteiger partial charge in [0.15, 0.2) is 5.65 Å². The molecule has 1 saturated heterocycles. The van der Waals surface area contributed by atoms with Gasteiger partial charge in [0, 0.05) is 31.2 Å². The number of rotatable bonds is 4. The number of aliphatic hydroxyl groups is 1. The molecule has 0 unspecified atom stereocenters. The third-order valence-electron chi connectivity index (χ3n) is 5.97. The van der Waals surface area contributed by atoms with Crippen LogP contribution in [0.5, 0.6) is 0 Å². The fraction of sp³-hybridized carbons (Fsp3) is 0.440. The second kappa shape index (κ2) is 9.13. The lowest BCUT2D eigenvalue weighted by Crippen LogP contribution is -2.57. The van der Waals surface area contributed by atoms with Crippen LogP contribution in [0.3, 0.4) is 0 Å². The van der Waals surface area contributed by atoms with Gasteiger partial charge in [-0.1, -0.05) is 20.8 Å². The number of fused-ring (bicyclic) bond motifs is 1. The molecule has 9 heteroatoms. The van der Waals surface area contributed by atoms with Crippen LogP contribution < -0.4 is 0 Å². The van der Waals surface area contributed by atoms with Crippen LogP contribution in [0, 0.1) is 11.2 Å². The van der Waals surface area contributed by atoms with E-state index in [1.165, 1.54) is 16.6 Å². The molecule has 1 aliphatic heterocycles. The predicted octanol–water partition coefficient (Wildman–Crippen LogP) is 3.01. The van der Waals surface area contributed by atoms with Crippen LogP contribution in [-0.2, 0) is 4.79 Å². The first-order valence-corrected chi connectivity index (χ1v) is 11.4. The van der Waals surface area contributed by atoms with Gasteiger partial charge in [0.25, 0.3) is 11.8 Å². The Morgan fingerprint density at radius 1 is 1.15 bits per heavy atom. The summed E-state index contributed by atoms with van der Waals surface area (Å²) in [5, 5.41) is 14.9. The van der Waals surface area contributed by atoms with E-state index >= 15 is 0 Å². The number of carbonyl (C=O) groups excluding carboxylic acids is 2. The molecular weight excluding hydrogens is 437 g/mol. The van der Waals surface area contributed by atoms with Gasteiger partial charge in [-0.05, 0) is 55.2 Å². The fourth-order valence-electron chi connectivity index (χ4n) is 4.25. The van der Waals surface area contributed by atoms with Gasteiger partial charge >= 0.3 is 0 Å². The van der Waals surface area contributed by atoms with Crippen molar-refractivity contribution in [3.63, 3.8) is 0 Å². The smallest absolute Gasteiger partial charge is 0.274 e. The van der Waals surface area contributed by atoms with E-state index in [2.05, 4.69) is 10.1 Å². The normalized spacial score (nSPS) is 17.8. The summed E-state index contributed by atoms with van der Waals surface area (Å²) in [5.41, 5.74) is 2.03. The lowest BCUT2D eigenvalue weighted by molar-refractivity contribution is -0.145. The monoisotopic (exact) mass is 467 g/mol. The van der Waals surface area contributed by atoms with E-state index in [-0.39, 0.29) is 34.8 Å². The Morgan fingerprint density at radius 2 is 1.85 bits per heavy atom. The molecule has 2 amide bonds. The Morgan fingerprint density at radius 3 is 2.50 bits per heavy atom. The number of halogens is 1. The van der Waals surface area contributed by atoms with Crippen LogP contribution >= 0.6 is 0 Å². The summed E-state index contributed by atoms with van der Waals surface area (Å²) < 4.78 is 14.8. The van der Waals surface area contributed by atoms with E-state index in [1.807, 2.05) is 27.7 Å². The Bertz CT molecular complexity index is 1200. The Labute approximate surface area is 198 Å². The van der Waals surface area contributed by atoms with Crippen molar-refractivity contribution in [2.45, 2.75) is 46.3 Å². The first kappa shape index (κ1) is 23.8. The van der Waals surface area contributed by atoms with E-state index in [0.717, 1.165) is 5.56 Å². The molecule has 180 valence electrons. The maximum absolute atomic E-state index is 13.2. The van der Waals surface area contributed by atoms with Crippen molar-refractivity contribution in [3.05, 3.63) is 54.1 Å². The zero-order chi connectivity index (χ0) is 24.6. The molecule has 3 heterocycles. The number of aromatic nitrogens is 3. The highest BCUT2D eigenvalue weighted by atomic mass is 19.1. The number of imidazole rings is 1. The molecule has 1 aromatic carbocycles. The van der Waals surface area contributed by atoms with Gasteiger partial charge in [0.05, 0.1) is 11.9 Å². The lowest BCUT2D eigenvalue weighted by Gasteiger charge is -2.40. The standard InChI is InChI=1S/C25H30FN5O3/c1-16-14-29(11-12-30(16)24(34)21(32)13-25(2,3)4)23(33)20-15-31-22(27-20)10-9-19(28-31)17-5-7-18(26)8-6-17/h5-10,15-16,21,32H,11-14H2,1-4H3/t16-,21+/m0/s1. The van der Waals surface area contributed by atoms with Crippen molar-refractivity contribution in [2.75, 3.05) is 19.6 Å². The van der Waals surface area contributed by atoms with Crippen molar-refractivity contribution in [1.82, 2.24) is 24.4 Å². The molecule has 0 bridgehead atoms. The van der Waals surface area contributed by atoms with Crippen molar-refractivity contribution < 1.29 is 19.1 Å².